The second-order valence-electron chi connectivity index (χ2n) is 6.15. The van der Waals surface area contributed by atoms with Crippen molar-refractivity contribution in [1.29, 1.82) is 0 Å². The molecule has 3 rings (SSSR count). The Morgan fingerprint density at radius 2 is 2.14 bits per heavy atom. The summed E-state index contributed by atoms with van der Waals surface area (Å²) in [7, 11) is 0. The molecule has 0 aliphatic carbocycles. The van der Waals surface area contributed by atoms with Gasteiger partial charge >= 0.3 is 0 Å². The lowest BCUT2D eigenvalue weighted by Gasteiger charge is -2.34. The summed E-state index contributed by atoms with van der Waals surface area (Å²) >= 11 is 0. The zero-order valence-corrected chi connectivity index (χ0v) is 12.4. The van der Waals surface area contributed by atoms with Crippen molar-refractivity contribution in [2.24, 2.45) is 5.41 Å². The van der Waals surface area contributed by atoms with Gasteiger partial charge in [0.15, 0.2) is 0 Å². The molecule has 2 heterocycles. The normalized spacial score (nSPS) is 17.6. The fraction of sp³-hybridized carbons (Fsp3) is 0.412. The van der Waals surface area contributed by atoms with Crippen LogP contribution in [0, 0.1) is 5.41 Å². The van der Waals surface area contributed by atoms with Crippen LogP contribution in [0.1, 0.15) is 30.1 Å². The summed E-state index contributed by atoms with van der Waals surface area (Å²) in [6.07, 6.45) is 3.98. The first-order valence-electron chi connectivity index (χ1n) is 7.50. The highest BCUT2D eigenvalue weighted by Crippen LogP contribution is 2.26. The summed E-state index contributed by atoms with van der Waals surface area (Å²) in [6, 6.07) is 9.52. The van der Waals surface area contributed by atoms with Crippen LogP contribution in [0.5, 0.6) is 0 Å². The Kier molecular flexibility index (Phi) is 3.88. The number of rotatable bonds is 3. The lowest BCUT2D eigenvalue weighted by atomic mass is 9.81. The summed E-state index contributed by atoms with van der Waals surface area (Å²) in [5.41, 5.74) is 1.83. The van der Waals surface area contributed by atoms with E-state index in [-0.39, 0.29) is 11.3 Å². The first-order valence-corrected chi connectivity index (χ1v) is 7.50. The highest BCUT2D eigenvalue weighted by atomic mass is 16.1. The van der Waals surface area contributed by atoms with Crippen LogP contribution in [0.2, 0.25) is 0 Å². The monoisotopic (exact) mass is 283 g/mol. The van der Waals surface area contributed by atoms with E-state index in [1.807, 2.05) is 30.3 Å². The van der Waals surface area contributed by atoms with Gasteiger partial charge in [0, 0.05) is 23.7 Å². The smallest absolute Gasteiger partial charge is 0.251 e. The molecule has 110 valence electrons. The maximum atomic E-state index is 12.3. The van der Waals surface area contributed by atoms with E-state index in [4.69, 9.17) is 0 Å². The average molecular weight is 283 g/mol. The molecule has 21 heavy (non-hydrogen) atoms. The molecule has 0 spiro atoms. The molecule has 0 radical (unpaired) electrons. The van der Waals surface area contributed by atoms with Crippen molar-refractivity contribution in [1.82, 2.24) is 15.6 Å². The van der Waals surface area contributed by atoms with Crippen LogP contribution in [0.25, 0.3) is 10.9 Å². The summed E-state index contributed by atoms with van der Waals surface area (Å²) in [4.78, 5) is 16.6. The molecule has 0 bridgehead atoms. The van der Waals surface area contributed by atoms with Gasteiger partial charge in [-0.3, -0.25) is 9.78 Å². The summed E-state index contributed by atoms with van der Waals surface area (Å²) < 4.78 is 0. The number of pyridine rings is 1. The minimum Gasteiger partial charge on any atom is -0.351 e. The highest BCUT2D eigenvalue weighted by Gasteiger charge is 2.27. The number of amides is 1. The minimum atomic E-state index is 0.000473. The van der Waals surface area contributed by atoms with E-state index in [9.17, 15) is 4.79 Å². The number of aromatic nitrogens is 1. The number of nitrogens with one attached hydrogen (secondary N) is 2. The zero-order valence-electron chi connectivity index (χ0n) is 12.4. The first-order chi connectivity index (χ1) is 10.2. The molecular formula is C17H21N3O. The van der Waals surface area contributed by atoms with Gasteiger partial charge in [0.25, 0.3) is 5.91 Å². The number of carbonyl (C=O) groups excluding carboxylic acids is 1. The van der Waals surface area contributed by atoms with Crippen molar-refractivity contribution < 1.29 is 4.79 Å². The Balaban J connectivity index is 1.69. The largest absolute Gasteiger partial charge is 0.351 e. The van der Waals surface area contributed by atoms with Crippen molar-refractivity contribution in [3.63, 3.8) is 0 Å². The fourth-order valence-corrected chi connectivity index (χ4v) is 2.82. The molecule has 1 aromatic carbocycles. The maximum absolute atomic E-state index is 12.3. The van der Waals surface area contributed by atoms with E-state index < -0.39 is 0 Å². The number of hydrogen-bond acceptors (Lipinski definition) is 3. The molecule has 4 nitrogen and oxygen atoms in total. The van der Waals surface area contributed by atoms with E-state index in [1.165, 1.54) is 0 Å². The first kappa shape index (κ1) is 14.0. The van der Waals surface area contributed by atoms with Crippen LogP contribution >= 0.6 is 0 Å². The summed E-state index contributed by atoms with van der Waals surface area (Å²) in [5, 5.41) is 7.44. The number of carbonyl (C=O) groups is 1. The van der Waals surface area contributed by atoms with Gasteiger partial charge in [0.1, 0.15) is 0 Å². The number of piperidine rings is 1. The lowest BCUT2D eigenvalue weighted by Crippen LogP contribution is -2.42. The van der Waals surface area contributed by atoms with Crippen molar-refractivity contribution in [3.8, 4) is 0 Å². The van der Waals surface area contributed by atoms with E-state index in [0.29, 0.717) is 5.56 Å². The lowest BCUT2D eigenvalue weighted by molar-refractivity contribution is 0.0922. The third-order valence-electron chi connectivity index (χ3n) is 4.35. The van der Waals surface area contributed by atoms with Crippen LogP contribution in [0.3, 0.4) is 0 Å². The van der Waals surface area contributed by atoms with E-state index in [2.05, 4.69) is 22.5 Å². The zero-order chi connectivity index (χ0) is 14.7. The standard InChI is InChI=1S/C17H21N3O/c1-17(6-9-18-10-7-17)12-20-16(21)14-4-5-15-13(11-14)3-2-8-19-15/h2-5,8,11,18H,6-7,9-10,12H2,1H3,(H,20,21). The molecule has 0 saturated carbocycles. The van der Waals surface area contributed by atoms with Crippen LogP contribution in [-0.2, 0) is 0 Å². The third-order valence-corrected chi connectivity index (χ3v) is 4.35. The van der Waals surface area contributed by atoms with Gasteiger partial charge in [-0.25, -0.2) is 0 Å². The van der Waals surface area contributed by atoms with Gasteiger partial charge in [-0.05, 0) is 55.6 Å². The molecular weight excluding hydrogens is 262 g/mol. The molecule has 1 fully saturated rings. The van der Waals surface area contributed by atoms with Crippen molar-refractivity contribution in [3.05, 3.63) is 42.1 Å². The van der Waals surface area contributed by atoms with E-state index in [0.717, 1.165) is 43.4 Å². The predicted octanol–water partition coefficient (Wildman–Crippen LogP) is 2.35. The van der Waals surface area contributed by atoms with Crippen LogP contribution in [0.4, 0.5) is 0 Å². The highest BCUT2D eigenvalue weighted by molar-refractivity contribution is 5.97. The molecule has 2 aromatic rings. The summed E-state index contributed by atoms with van der Waals surface area (Å²) in [5.74, 6) is 0.000473. The minimum absolute atomic E-state index is 0.000473. The van der Waals surface area contributed by atoms with Crippen molar-refractivity contribution >= 4 is 16.8 Å². The predicted molar refractivity (Wildman–Crippen MR) is 84.3 cm³/mol. The Hall–Kier alpha value is -1.94. The van der Waals surface area contributed by atoms with Crippen molar-refractivity contribution in [2.45, 2.75) is 19.8 Å². The Morgan fingerprint density at radius 3 is 2.95 bits per heavy atom. The van der Waals surface area contributed by atoms with Crippen molar-refractivity contribution in [2.75, 3.05) is 19.6 Å². The van der Waals surface area contributed by atoms with Gasteiger partial charge in [-0.1, -0.05) is 13.0 Å². The van der Waals surface area contributed by atoms with Gasteiger partial charge in [-0.15, -0.1) is 0 Å². The summed E-state index contributed by atoms with van der Waals surface area (Å²) in [6.45, 7) is 5.05. The second kappa shape index (κ2) is 5.82. The third kappa shape index (κ3) is 3.22. The Labute approximate surface area is 125 Å². The fourth-order valence-electron chi connectivity index (χ4n) is 2.82. The van der Waals surface area contributed by atoms with E-state index in [1.54, 1.807) is 6.20 Å². The molecule has 2 N–H and O–H groups in total. The molecule has 0 atom stereocenters. The molecule has 0 unspecified atom stereocenters. The molecule has 1 amide bonds. The Bertz CT molecular complexity index is 647. The number of fused-ring (bicyclic) bond motifs is 1. The quantitative estimate of drug-likeness (QED) is 0.909. The second-order valence-corrected chi connectivity index (χ2v) is 6.15. The average Bonchev–Trinajstić information content (AvgIpc) is 2.53. The molecule has 1 aliphatic heterocycles. The van der Waals surface area contributed by atoms with Gasteiger partial charge in [0.05, 0.1) is 5.52 Å². The molecule has 1 saturated heterocycles. The number of nitrogens with zero attached hydrogens (tertiary/aromatic N) is 1. The number of benzene rings is 1. The SMILES string of the molecule is CC1(CNC(=O)c2ccc3ncccc3c2)CCNCC1. The molecule has 4 heteroatoms. The molecule has 1 aliphatic rings. The Morgan fingerprint density at radius 1 is 1.33 bits per heavy atom. The van der Waals surface area contributed by atoms with Gasteiger partial charge in [0.2, 0.25) is 0 Å². The number of hydrogen-bond donors (Lipinski definition) is 2. The molecule has 1 aromatic heterocycles. The van der Waals surface area contributed by atoms with Gasteiger partial charge < -0.3 is 10.6 Å². The maximum Gasteiger partial charge on any atom is 0.251 e. The van der Waals surface area contributed by atoms with Gasteiger partial charge in [-0.2, -0.15) is 0 Å². The van der Waals surface area contributed by atoms with Crippen LogP contribution in [-0.4, -0.2) is 30.5 Å². The van der Waals surface area contributed by atoms with Crippen LogP contribution in [0.15, 0.2) is 36.5 Å². The van der Waals surface area contributed by atoms with E-state index >= 15 is 0 Å². The van der Waals surface area contributed by atoms with Crippen LogP contribution < -0.4 is 10.6 Å². The topological polar surface area (TPSA) is 54.0 Å².